The molecule has 1 rings (SSSR count). The van der Waals surface area contributed by atoms with Gasteiger partial charge in [-0.15, -0.1) is 10.2 Å². The fourth-order valence-electron chi connectivity index (χ4n) is 1.91. The lowest BCUT2D eigenvalue weighted by atomic mass is 10.3. The summed E-state index contributed by atoms with van der Waals surface area (Å²) in [5.74, 6) is 0.00314. The van der Waals surface area contributed by atoms with Crippen molar-refractivity contribution in [2.75, 3.05) is 23.7 Å². The highest BCUT2D eigenvalue weighted by Gasteiger charge is 2.19. The summed E-state index contributed by atoms with van der Waals surface area (Å²) in [6.45, 7) is 10.2. The molecule has 0 aliphatic heterocycles. The van der Waals surface area contributed by atoms with E-state index < -0.39 is 5.97 Å². The number of aromatic nitrogens is 3. The van der Waals surface area contributed by atoms with E-state index in [2.05, 4.69) is 42.8 Å². The van der Waals surface area contributed by atoms with E-state index in [0.29, 0.717) is 5.16 Å². The molecular formula is C13H24N4O2S. The zero-order valence-electron chi connectivity index (χ0n) is 12.7. The molecule has 20 heavy (non-hydrogen) atoms. The Balaban J connectivity index is 2.97. The molecule has 0 amide bonds. The molecule has 1 N–H and O–H groups in total. The number of nitrogens with zero attached hydrogens (tertiary/aromatic N) is 4. The Morgan fingerprint density at radius 1 is 1.40 bits per heavy atom. The molecule has 1 aromatic rings. The number of carboxylic acids is 1. The Morgan fingerprint density at radius 3 is 2.60 bits per heavy atom. The van der Waals surface area contributed by atoms with E-state index in [9.17, 15) is 4.79 Å². The summed E-state index contributed by atoms with van der Waals surface area (Å²) in [6.07, 6.45) is 2.24. The first-order chi connectivity index (χ1) is 9.51. The molecular weight excluding hydrogens is 276 g/mol. The number of unbranched alkanes of at least 4 members (excludes halogenated alkanes) is 1. The van der Waals surface area contributed by atoms with Crippen LogP contribution in [0.3, 0.4) is 0 Å². The molecule has 0 aromatic carbocycles. The predicted octanol–water partition coefficient (Wildman–Crippen LogP) is 2.66. The first-order valence-corrected chi connectivity index (χ1v) is 8.04. The number of carbonyl (C=O) groups is 1. The highest BCUT2D eigenvalue weighted by Crippen LogP contribution is 2.26. The van der Waals surface area contributed by atoms with Crippen molar-refractivity contribution in [3.05, 3.63) is 0 Å². The lowest BCUT2D eigenvalue weighted by Crippen LogP contribution is -2.27. The third-order valence-corrected chi connectivity index (χ3v) is 3.86. The van der Waals surface area contributed by atoms with E-state index in [4.69, 9.17) is 5.11 Å². The molecule has 0 atom stereocenters. The molecule has 114 valence electrons. The molecule has 0 spiro atoms. The van der Waals surface area contributed by atoms with Gasteiger partial charge in [-0.2, -0.15) is 0 Å². The highest BCUT2D eigenvalue weighted by molar-refractivity contribution is 7.99. The maximum absolute atomic E-state index is 10.7. The number of aliphatic carboxylic acids is 1. The smallest absolute Gasteiger partial charge is 0.313 e. The lowest BCUT2D eigenvalue weighted by molar-refractivity contribution is -0.133. The summed E-state index contributed by atoms with van der Waals surface area (Å²) >= 11 is 1.22. The van der Waals surface area contributed by atoms with Crippen molar-refractivity contribution < 1.29 is 9.90 Å². The van der Waals surface area contributed by atoms with Crippen LogP contribution >= 0.6 is 11.8 Å². The van der Waals surface area contributed by atoms with Crippen LogP contribution in [-0.4, -0.2) is 44.7 Å². The Bertz CT molecular complexity index is 434. The van der Waals surface area contributed by atoms with Crippen molar-refractivity contribution in [1.82, 2.24) is 14.8 Å². The Hall–Kier alpha value is -1.24. The fraction of sp³-hybridized carbons (Fsp3) is 0.769. The maximum Gasteiger partial charge on any atom is 0.313 e. The molecule has 1 aromatic heterocycles. The van der Waals surface area contributed by atoms with Gasteiger partial charge in [-0.3, -0.25) is 9.36 Å². The van der Waals surface area contributed by atoms with Crippen molar-refractivity contribution in [2.24, 2.45) is 0 Å². The lowest BCUT2D eigenvalue weighted by Gasteiger charge is -2.24. The highest BCUT2D eigenvalue weighted by atomic mass is 32.2. The van der Waals surface area contributed by atoms with E-state index >= 15 is 0 Å². The standard InChI is InChI=1S/C13H24N4O2S/c1-5-7-8-16(6-2)12-14-15-13(17(12)10(3)4)20-9-11(18)19/h10H,5-9H2,1-4H3,(H,18,19). The van der Waals surface area contributed by atoms with Crippen LogP contribution in [0.15, 0.2) is 5.16 Å². The minimum Gasteiger partial charge on any atom is -0.481 e. The molecule has 7 heteroatoms. The van der Waals surface area contributed by atoms with Crippen LogP contribution in [0.25, 0.3) is 0 Å². The van der Waals surface area contributed by atoms with Crippen molar-refractivity contribution in [3.63, 3.8) is 0 Å². The van der Waals surface area contributed by atoms with E-state index in [1.54, 1.807) is 0 Å². The van der Waals surface area contributed by atoms with Gasteiger partial charge in [0.1, 0.15) is 0 Å². The minimum absolute atomic E-state index is 0.00589. The molecule has 0 saturated carbocycles. The SMILES string of the molecule is CCCCN(CC)c1nnc(SCC(=O)O)n1C(C)C. The van der Waals surface area contributed by atoms with Gasteiger partial charge < -0.3 is 10.0 Å². The Morgan fingerprint density at radius 2 is 2.10 bits per heavy atom. The first kappa shape index (κ1) is 16.8. The summed E-state index contributed by atoms with van der Waals surface area (Å²) in [5.41, 5.74) is 0. The Kier molecular flexibility index (Phi) is 6.84. The largest absolute Gasteiger partial charge is 0.481 e. The molecule has 1 heterocycles. The number of thioether (sulfide) groups is 1. The van der Waals surface area contributed by atoms with Crippen LogP contribution in [0.2, 0.25) is 0 Å². The summed E-state index contributed by atoms with van der Waals surface area (Å²) in [6, 6.07) is 0.201. The van der Waals surface area contributed by atoms with E-state index in [1.165, 1.54) is 11.8 Å². The summed E-state index contributed by atoms with van der Waals surface area (Å²) in [5, 5.41) is 17.9. The van der Waals surface area contributed by atoms with Crippen LogP contribution in [-0.2, 0) is 4.79 Å². The van der Waals surface area contributed by atoms with Crippen LogP contribution in [0.1, 0.15) is 46.6 Å². The molecule has 6 nitrogen and oxygen atoms in total. The number of carboxylic acid groups (broad SMARTS) is 1. The number of hydrogen-bond acceptors (Lipinski definition) is 5. The molecule has 0 unspecified atom stereocenters. The number of anilines is 1. The fourth-order valence-corrected chi connectivity index (χ4v) is 2.69. The second kappa shape index (κ2) is 8.14. The van der Waals surface area contributed by atoms with Gasteiger partial charge in [-0.1, -0.05) is 25.1 Å². The van der Waals surface area contributed by atoms with Gasteiger partial charge in [-0.05, 0) is 27.2 Å². The third kappa shape index (κ3) is 4.40. The number of rotatable bonds is 9. The molecule has 0 aliphatic carbocycles. The van der Waals surface area contributed by atoms with Crippen molar-refractivity contribution in [3.8, 4) is 0 Å². The third-order valence-electron chi connectivity index (χ3n) is 2.93. The molecule has 0 radical (unpaired) electrons. The van der Waals surface area contributed by atoms with Crippen molar-refractivity contribution in [1.29, 1.82) is 0 Å². The van der Waals surface area contributed by atoms with Gasteiger partial charge in [0.25, 0.3) is 0 Å². The van der Waals surface area contributed by atoms with Crippen molar-refractivity contribution >= 4 is 23.7 Å². The monoisotopic (exact) mass is 300 g/mol. The zero-order chi connectivity index (χ0) is 15.1. The molecule has 0 aliphatic rings. The average molecular weight is 300 g/mol. The average Bonchev–Trinajstić information content (AvgIpc) is 2.81. The molecule has 0 bridgehead atoms. The second-order valence-corrected chi connectivity index (χ2v) is 5.80. The van der Waals surface area contributed by atoms with Crippen LogP contribution in [0.5, 0.6) is 0 Å². The topological polar surface area (TPSA) is 71.2 Å². The molecule has 0 fully saturated rings. The van der Waals surface area contributed by atoms with Crippen molar-refractivity contribution in [2.45, 2.75) is 51.7 Å². The van der Waals surface area contributed by atoms with E-state index in [-0.39, 0.29) is 11.8 Å². The van der Waals surface area contributed by atoms with Gasteiger partial charge in [0.05, 0.1) is 5.75 Å². The van der Waals surface area contributed by atoms with E-state index in [0.717, 1.165) is 31.9 Å². The zero-order valence-corrected chi connectivity index (χ0v) is 13.5. The predicted molar refractivity (Wildman–Crippen MR) is 81.6 cm³/mol. The van der Waals surface area contributed by atoms with Crippen LogP contribution < -0.4 is 4.90 Å². The maximum atomic E-state index is 10.7. The normalized spacial score (nSPS) is 11.1. The quantitative estimate of drug-likeness (QED) is 0.707. The van der Waals surface area contributed by atoms with Crippen LogP contribution in [0.4, 0.5) is 5.95 Å². The van der Waals surface area contributed by atoms with Crippen LogP contribution in [0, 0.1) is 0 Å². The minimum atomic E-state index is -0.840. The van der Waals surface area contributed by atoms with Gasteiger partial charge in [0.15, 0.2) is 5.16 Å². The second-order valence-electron chi connectivity index (χ2n) is 4.86. The summed E-state index contributed by atoms with van der Waals surface area (Å²) < 4.78 is 2.02. The van der Waals surface area contributed by atoms with Gasteiger partial charge in [0.2, 0.25) is 5.95 Å². The Labute approximate surface area is 124 Å². The van der Waals surface area contributed by atoms with E-state index in [1.807, 2.05) is 4.57 Å². The number of hydrogen-bond donors (Lipinski definition) is 1. The first-order valence-electron chi connectivity index (χ1n) is 7.05. The summed E-state index contributed by atoms with van der Waals surface area (Å²) in [7, 11) is 0. The van der Waals surface area contributed by atoms with Gasteiger partial charge in [0, 0.05) is 19.1 Å². The summed E-state index contributed by atoms with van der Waals surface area (Å²) in [4.78, 5) is 12.9. The molecule has 0 saturated heterocycles. The van der Waals surface area contributed by atoms with Gasteiger partial charge >= 0.3 is 5.97 Å². The van der Waals surface area contributed by atoms with Gasteiger partial charge in [-0.25, -0.2) is 0 Å².